The minimum atomic E-state index is -1.18. The van der Waals surface area contributed by atoms with Gasteiger partial charge in [-0.25, -0.2) is 9.97 Å². The molecule has 0 spiro atoms. The summed E-state index contributed by atoms with van der Waals surface area (Å²) in [6.45, 7) is 10.5. The number of rotatable bonds is 7. The highest BCUT2D eigenvalue weighted by Crippen LogP contribution is 2.30. The van der Waals surface area contributed by atoms with E-state index in [1.807, 2.05) is 22.4 Å². The van der Waals surface area contributed by atoms with E-state index >= 15 is 0 Å². The Labute approximate surface area is 244 Å². The average Bonchev–Trinajstić information content (AvgIpc) is 3.55. The van der Waals surface area contributed by atoms with Crippen LogP contribution in [0.15, 0.2) is 36.7 Å². The molecule has 2 fully saturated rings. The van der Waals surface area contributed by atoms with Crippen molar-refractivity contribution in [2.75, 3.05) is 44.3 Å². The van der Waals surface area contributed by atoms with Crippen LogP contribution in [0.4, 0.5) is 5.82 Å². The first-order valence-corrected chi connectivity index (χ1v) is 14.3. The number of benzene rings is 1. The number of imidazole rings is 2. The van der Waals surface area contributed by atoms with Gasteiger partial charge in [-0.05, 0) is 20.8 Å². The van der Waals surface area contributed by atoms with Crippen LogP contribution < -0.4 is 4.90 Å². The molecule has 1 amide bonds. The molecule has 5 heterocycles. The first-order chi connectivity index (χ1) is 20.1. The predicted molar refractivity (Wildman–Crippen MR) is 156 cm³/mol. The van der Waals surface area contributed by atoms with E-state index in [4.69, 9.17) is 24.4 Å². The fourth-order valence-electron chi connectivity index (χ4n) is 5.65. The number of esters is 1. The summed E-state index contributed by atoms with van der Waals surface area (Å²) in [4.78, 5) is 48.0. The minimum absolute atomic E-state index is 0.186. The van der Waals surface area contributed by atoms with E-state index < -0.39 is 11.6 Å². The smallest absolute Gasteiger partial charge is 0.303 e. The van der Waals surface area contributed by atoms with E-state index in [0.29, 0.717) is 51.8 Å². The molecule has 2 aliphatic rings. The maximum absolute atomic E-state index is 12.9. The zero-order valence-corrected chi connectivity index (χ0v) is 24.7. The molecule has 220 valence electrons. The van der Waals surface area contributed by atoms with Gasteiger partial charge in [-0.1, -0.05) is 29.8 Å². The van der Waals surface area contributed by atoms with Crippen LogP contribution >= 0.6 is 0 Å². The Morgan fingerprint density at radius 3 is 2.48 bits per heavy atom. The van der Waals surface area contributed by atoms with Crippen molar-refractivity contribution < 1.29 is 19.1 Å². The van der Waals surface area contributed by atoms with E-state index in [1.165, 1.54) is 12.5 Å². The Hall–Kier alpha value is -4.32. The molecule has 2 aliphatic heterocycles. The van der Waals surface area contributed by atoms with Crippen LogP contribution in [0.25, 0.3) is 28.5 Å². The summed E-state index contributed by atoms with van der Waals surface area (Å²) in [7, 11) is 1.98. The Bertz CT molecular complexity index is 1630. The van der Waals surface area contributed by atoms with Gasteiger partial charge in [0, 0.05) is 70.4 Å². The summed E-state index contributed by atoms with van der Waals surface area (Å²) in [6, 6.07) is 8.24. The van der Waals surface area contributed by atoms with E-state index in [0.717, 1.165) is 34.2 Å². The van der Waals surface area contributed by atoms with Gasteiger partial charge in [-0.3, -0.25) is 14.2 Å². The molecular weight excluding hydrogens is 536 g/mol. The lowest BCUT2D eigenvalue weighted by Crippen LogP contribution is -2.57. The topological polar surface area (TPSA) is 121 Å². The van der Waals surface area contributed by atoms with Crippen molar-refractivity contribution in [3.8, 4) is 17.3 Å². The maximum atomic E-state index is 12.9. The Morgan fingerprint density at radius 1 is 1.07 bits per heavy atom. The van der Waals surface area contributed by atoms with E-state index in [-0.39, 0.29) is 11.8 Å². The average molecular weight is 573 g/mol. The molecule has 0 unspecified atom stereocenters. The van der Waals surface area contributed by atoms with Gasteiger partial charge in [-0.2, -0.15) is 9.97 Å². The van der Waals surface area contributed by atoms with Gasteiger partial charge < -0.3 is 23.8 Å². The van der Waals surface area contributed by atoms with Gasteiger partial charge in [0.25, 0.3) is 5.91 Å². The fraction of sp³-hybridized carbons (Fsp3) is 0.467. The first-order valence-electron chi connectivity index (χ1n) is 14.3. The molecule has 1 aromatic carbocycles. The third-order valence-electron chi connectivity index (χ3n) is 7.89. The number of morpholine rings is 1. The second-order valence-corrected chi connectivity index (χ2v) is 11.6. The molecule has 0 saturated carbocycles. The van der Waals surface area contributed by atoms with Crippen molar-refractivity contribution in [2.45, 2.75) is 39.7 Å². The molecular formula is C30H36N8O4. The van der Waals surface area contributed by atoms with Crippen LogP contribution in [0.5, 0.6) is 0 Å². The molecule has 2 saturated heterocycles. The molecule has 0 radical (unpaired) electrons. The number of aryl methyl sites for hydroxylation is 2. The normalized spacial score (nSPS) is 16.1. The van der Waals surface area contributed by atoms with Crippen molar-refractivity contribution in [1.29, 1.82) is 0 Å². The highest BCUT2D eigenvalue weighted by Gasteiger charge is 2.41. The molecule has 42 heavy (non-hydrogen) atoms. The number of fused-ring (bicyclic) bond motifs is 1. The lowest BCUT2D eigenvalue weighted by atomic mass is 9.93. The van der Waals surface area contributed by atoms with Gasteiger partial charge in [0.1, 0.15) is 11.6 Å². The SMILES string of the molecule is CC(=O)OC(C)(C)C(=O)N1CC(Cc2nc3c(N4CCOCC4)nc(-n4ccnc4-c4ccc(C)cc4)nc3n2C)C1. The predicted octanol–water partition coefficient (Wildman–Crippen LogP) is 2.70. The Kier molecular flexibility index (Phi) is 7.17. The van der Waals surface area contributed by atoms with Crippen molar-refractivity contribution in [3.05, 3.63) is 48.0 Å². The number of ether oxygens (including phenoxy) is 2. The Balaban J connectivity index is 1.31. The quantitative estimate of drug-likeness (QED) is 0.308. The fourth-order valence-corrected chi connectivity index (χ4v) is 5.65. The summed E-state index contributed by atoms with van der Waals surface area (Å²) in [6.07, 6.45) is 4.33. The number of aromatic nitrogens is 6. The molecule has 3 aromatic heterocycles. The molecule has 0 N–H and O–H groups in total. The van der Waals surface area contributed by atoms with Gasteiger partial charge in [0.05, 0.1) is 13.2 Å². The van der Waals surface area contributed by atoms with E-state index in [2.05, 4.69) is 41.1 Å². The zero-order chi connectivity index (χ0) is 29.6. The summed E-state index contributed by atoms with van der Waals surface area (Å²) >= 11 is 0. The zero-order valence-electron chi connectivity index (χ0n) is 24.7. The highest BCUT2D eigenvalue weighted by molar-refractivity contribution is 5.87. The van der Waals surface area contributed by atoms with Crippen molar-refractivity contribution in [2.24, 2.45) is 13.0 Å². The number of hydrogen-bond acceptors (Lipinski definition) is 9. The highest BCUT2D eigenvalue weighted by atomic mass is 16.6. The van der Waals surface area contributed by atoms with Crippen LogP contribution in [0.2, 0.25) is 0 Å². The van der Waals surface area contributed by atoms with Gasteiger partial charge in [0.15, 0.2) is 22.6 Å². The molecule has 0 aliphatic carbocycles. The first kappa shape index (κ1) is 27.8. The minimum Gasteiger partial charge on any atom is -0.450 e. The molecule has 6 rings (SSSR count). The van der Waals surface area contributed by atoms with Crippen LogP contribution in [0.3, 0.4) is 0 Å². The van der Waals surface area contributed by atoms with Gasteiger partial charge >= 0.3 is 5.97 Å². The van der Waals surface area contributed by atoms with Crippen LogP contribution in [-0.2, 0) is 32.5 Å². The Morgan fingerprint density at radius 2 is 1.79 bits per heavy atom. The second kappa shape index (κ2) is 10.8. The standard InChI is InChI=1S/C30H36N8O4/c1-19-6-8-22(9-7-19)25-31-10-11-38(25)29-33-26-24(27(34-29)36-12-14-41-15-13-36)32-23(35(26)5)16-21-17-37(18-21)28(40)30(3,4)42-20(2)39/h6-11,21H,12-18H2,1-5H3. The third-order valence-corrected chi connectivity index (χ3v) is 7.89. The molecule has 0 bridgehead atoms. The van der Waals surface area contributed by atoms with E-state index in [1.54, 1.807) is 24.9 Å². The number of carbonyl (C=O) groups is 2. The van der Waals surface area contributed by atoms with Crippen molar-refractivity contribution >= 4 is 28.9 Å². The molecule has 12 heteroatoms. The maximum Gasteiger partial charge on any atom is 0.303 e. The van der Waals surface area contributed by atoms with Crippen molar-refractivity contribution in [1.82, 2.24) is 34.0 Å². The number of likely N-dealkylation sites (tertiary alicyclic amines) is 1. The van der Waals surface area contributed by atoms with E-state index in [9.17, 15) is 9.59 Å². The summed E-state index contributed by atoms with van der Waals surface area (Å²) in [5.41, 5.74) is 2.47. The monoisotopic (exact) mass is 572 g/mol. The molecule has 4 aromatic rings. The number of anilines is 1. The number of amides is 1. The lowest BCUT2D eigenvalue weighted by Gasteiger charge is -2.42. The largest absolute Gasteiger partial charge is 0.450 e. The molecule has 12 nitrogen and oxygen atoms in total. The lowest BCUT2D eigenvalue weighted by molar-refractivity contribution is -0.172. The summed E-state index contributed by atoms with van der Waals surface area (Å²) < 4.78 is 14.8. The number of hydrogen-bond donors (Lipinski definition) is 0. The summed E-state index contributed by atoms with van der Waals surface area (Å²) in [5.74, 6) is 2.53. The van der Waals surface area contributed by atoms with Gasteiger partial charge in [0.2, 0.25) is 5.95 Å². The van der Waals surface area contributed by atoms with Crippen LogP contribution in [0.1, 0.15) is 32.2 Å². The summed E-state index contributed by atoms with van der Waals surface area (Å²) in [5, 5.41) is 0. The van der Waals surface area contributed by atoms with Crippen LogP contribution in [-0.4, -0.2) is 90.8 Å². The second-order valence-electron chi connectivity index (χ2n) is 11.6. The molecule has 0 atom stereocenters. The van der Waals surface area contributed by atoms with Crippen LogP contribution in [0, 0.1) is 12.8 Å². The number of carbonyl (C=O) groups excluding carboxylic acids is 2. The van der Waals surface area contributed by atoms with Crippen molar-refractivity contribution in [3.63, 3.8) is 0 Å². The third kappa shape index (κ3) is 5.22. The van der Waals surface area contributed by atoms with Gasteiger partial charge in [-0.15, -0.1) is 0 Å². The number of nitrogens with zero attached hydrogens (tertiary/aromatic N) is 8.